The summed E-state index contributed by atoms with van der Waals surface area (Å²) in [7, 11) is 0. The number of rotatable bonds is 8. The van der Waals surface area contributed by atoms with Crippen molar-refractivity contribution in [1.29, 1.82) is 0 Å². The second-order valence-electron chi connectivity index (χ2n) is 5.66. The number of pyridine rings is 2. The average Bonchev–Trinajstić information content (AvgIpc) is 2.55. The van der Waals surface area contributed by atoms with Crippen molar-refractivity contribution < 1.29 is 9.13 Å². The van der Waals surface area contributed by atoms with Crippen molar-refractivity contribution in [2.45, 2.75) is 59.0 Å². The van der Waals surface area contributed by atoms with Crippen molar-refractivity contribution in [3.8, 4) is 11.1 Å². The molecule has 0 aliphatic heterocycles. The maximum Gasteiger partial charge on any atom is 0.169 e. The number of hydrogen-bond acceptors (Lipinski definition) is 0. The average molecular weight is 284 g/mol. The van der Waals surface area contributed by atoms with E-state index in [4.69, 9.17) is 0 Å². The molecule has 112 valence electrons. The monoisotopic (exact) mass is 284 g/mol. The van der Waals surface area contributed by atoms with E-state index in [1.807, 2.05) is 0 Å². The Balaban J connectivity index is 1.88. The van der Waals surface area contributed by atoms with E-state index >= 15 is 0 Å². The van der Waals surface area contributed by atoms with E-state index in [2.05, 4.69) is 72.0 Å². The molecule has 0 saturated carbocycles. The molecule has 2 heterocycles. The van der Waals surface area contributed by atoms with Gasteiger partial charge < -0.3 is 0 Å². The number of nitrogens with zero attached hydrogens (tertiary/aromatic N) is 2. The van der Waals surface area contributed by atoms with E-state index in [-0.39, 0.29) is 0 Å². The fraction of sp³-hybridized carbons (Fsp3) is 0.474. The maximum absolute atomic E-state index is 2.30. The van der Waals surface area contributed by atoms with Gasteiger partial charge in [-0.2, -0.15) is 0 Å². The van der Waals surface area contributed by atoms with E-state index in [0.29, 0.717) is 0 Å². The van der Waals surface area contributed by atoms with Gasteiger partial charge in [0.25, 0.3) is 0 Å². The largest absolute Gasteiger partial charge is 0.205 e. The van der Waals surface area contributed by atoms with Gasteiger partial charge >= 0.3 is 0 Å². The summed E-state index contributed by atoms with van der Waals surface area (Å²) in [5, 5.41) is 0. The zero-order valence-corrected chi connectivity index (χ0v) is 13.5. The van der Waals surface area contributed by atoms with Crippen molar-refractivity contribution >= 4 is 0 Å². The molecule has 0 amide bonds. The van der Waals surface area contributed by atoms with Crippen molar-refractivity contribution in [3.63, 3.8) is 0 Å². The molecule has 0 spiro atoms. The molecule has 2 aromatic heterocycles. The summed E-state index contributed by atoms with van der Waals surface area (Å²) in [6.07, 6.45) is 15.4. The Kier molecular flexibility index (Phi) is 6.39. The van der Waals surface area contributed by atoms with Crippen LogP contribution in [0.3, 0.4) is 0 Å². The third-order valence-corrected chi connectivity index (χ3v) is 4.00. The van der Waals surface area contributed by atoms with Crippen molar-refractivity contribution in [1.82, 2.24) is 0 Å². The van der Waals surface area contributed by atoms with Crippen LogP contribution in [0.1, 0.15) is 46.0 Å². The van der Waals surface area contributed by atoms with Crippen LogP contribution >= 0.6 is 0 Å². The van der Waals surface area contributed by atoms with Crippen LogP contribution in [0.2, 0.25) is 0 Å². The van der Waals surface area contributed by atoms with Crippen molar-refractivity contribution in [2.75, 3.05) is 0 Å². The standard InChI is InChI=1S/C19H28N2/c1-3-5-6-7-8-13-21-16-11-19(12-17-21)18-9-14-20(4-2)15-10-18/h9-12,14-17H,3-8,13H2,1-2H3/q+2. The Morgan fingerprint density at radius 1 is 0.667 bits per heavy atom. The highest BCUT2D eigenvalue weighted by atomic mass is 14.9. The SMILES string of the molecule is CCCCCCC[n+]1ccc(-c2cc[n+](CC)cc2)cc1. The molecule has 0 bridgehead atoms. The normalized spacial score (nSPS) is 10.8. The van der Waals surface area contributed by atoms with Gasteiger partial charge in [0.2, 0.25) is 0 Å². The van der Waals surface area contributed by atoms with Crippen LogP contribution in [-0.2, 0) is 13.1 Å². The molecule has 2 nitrogen and oxygen atoms in total. The third kappa shape index (κ3) is 4.96. The summed E-state index contributed by atoms with van der Waals surface area (Å²) < 4.78 is 4.48. The first-order chi connectivity index (χ1) is 10.3. The molecule has 21 heavy (non-hydrogen) atoms. The predicted molar refractivity (Wildman–Crippen MR) is 86.7 cm³/mol. The van der Waals surface area contributed by atoms with E-state index in [0.717, 1.165) is 13.1 Å². The summed E-state index contributed by atoms with van der Waals surface area (Å²) >= 11 is 0. The molecule has 2 heteroatoms. The van der Waals surface area contributed by atoms with Crippen LogP contribution in [0.4, 0.5) is 0 Å². The highest BCUT2D eigenvalue weighted by Gasteiger charge is 2.04. The van der Waals surface area contributed by atoms with Gasteiger partial charge in [-0.05, 0) is 24.5 Å². The van der Waals surface area contributed by atoms with Crippen LogP contribution in [0.15, 0.2) is 49.1 Å². The molecular weight excluding hydrogens is 256 g/mol. The molecule has 2 aromatic rings. The van der Waals surface area contributed by atoms with Gasteiger partial charge in [-0.15, -0.1) is 0 Å². The summed E-state index contributed by atoms with van der Waals surface area (Å²) in [5.41, 5.74) is 2.58. The lowest BCUT2D eigenvalue weighted by atomic mass is 10.1. The van der Waals surface area contributed by atoms with E-state index in [9.17, 15) is 0 Å². The van der Waals surface area contributed by atoms with Gasteiger partial charge in [-0.1, -0.05) is 26.2 Å². The van der Waals surface area contributed by atoms with Gasteiger partial charge in [-0.3, -0.25) is 0 Å². The summed E-state index contributed by atoms with van der Waals surface area (Å²) in [5.74, 6) is 0. The Morgan fingerprint density at radius 2 is 1.19 bits per heavy atom. The molecule has 0 N–H and O–H groups in total. The molecule has 0 radical (unpaired) electrons. The highest BCUT2D eigenvalue weighted by molar-refractivity contribution is 5.60. The molecule has 0 atom stereocenters. The number of aromatic nitrogens is 2. The lowest BCUT2D eigenvalue weighted by Crippen LogP contribution is -2.32. The van der Waals surface area contributed by atoms with E-state index in [1.165, 1.54) is 43.2 Å². The minimum atomic E-state index is 1.02. The smallest absolute Gasteiger partial charge is 0.169 e. The first-order valence-electron chi connectivity index (χ1n) is 8.32. The molecular formula is C19H28N2+2. The summed E-state index contributed by atoms with van der Waals surface area (Å²) in [4.78, 5) is 0. The predicted octanol–water partition coefficient (Wildman–Crippen LogP) is 3.92. The fourth-order valence-corrected chi connectivity index (χ4v) is 2.56. The first kappa shape index (κ1) is 15.7. The Bertz CT molecular complexity index is 514. The maximum atomic E-state index is 2.30. The first-order valence-corrected chi connectivity index (χ1v) is 8.32. The van der Waals surface area contributed by atoms with Gasteiger partial charge in [0.15, 0.2) is 24.8 Å². The minimum absolute atomic E-state index is 1.02. The number of unbranched alkanes of at least 4 members (excludes halogenated alkanes) is 4. The van der Waals surface area contributed by atoms with Crippen molar-refractivity contribution in [3.05, 3.63) is 49.1 Å². The van der Waals surface area contributed by atoms with Crippen LogP contribution in [0.5, 0.6) is 0 Å². The fourth-order valence-electron chi connectivity index (χ4n) is 2.56. The molecule has 0 fully saturated rings. The van der Waals surface area contributed by atoms with Crippen LogP contribution in [0, 0.1) is 0 Å². The second kappa shape index (κ2) is 8.56. The Morgan fingerprint density at radius 3 is 1.71 bits per heavy atom. The van der Waals surface area contributed by atoms with Gasteiger partial charge in [0.1, 0.15) is 13.1 Å². The zero-order valence-electron chi connectivity index (χ0n) is 13.5. The number of aryl methyl sites for hydroxylation is 2. The lowest BCUT2D eigenvalue weighted by Gasteiger charge is -2.01. The van der Waals surface area contributed by atoms with E-state index < -0.39 is 0 Å². The molecule has 0 aromatic carbocycles. The van der Waals surface area contributed by atoms with E-state index in [1.54, 1.807) is 0 Å². The van der Waals surface area contributed by atoms with Crippen LogP contribution < -0.4 is 9.13 Å². The van der Waals surface area contributed by atoms with Gasteiger partial charge in [0, 0.05) is 30.7 Å². The zero-order chi connectivity index (χ0) is 14.9. The number of hydrogen-bond donors (Lipinski definition) is 0. The van der Waals surface area contributed by atoms with Crippen LogP contribution in [0.25, 0.3) is 11.1 Å². The second-order valence-corrected chi connectivity index (χ2v) is 5.66. The molecule has 2 rings (SSSR count). The minimum Gasteiger partial charge on any atom is -0.205 e. The lowest BCUT2D eigenvalue weighted by molar-refractivity contribution is -0.697. The Hall–Kier alpha value is -1.70. The highest BCUT2D eigenvalue weighted by Crippen LogP contribution is 2.15. The van der Waals surface area contributed by atoms with Gasteiger partial charge in [-0.25, -0.2) is 9.13 Å². The van der Waals surface area contributed by atoms with Crippen molar-refractivity contribution in [2.24, 2.45) is 0 Å². The third-order valence-electron chi connectivity index (χ3n) is 4.00. The topological polar surface area (TPSA) is 7.76 Å². The van der Waals surface area contributed by atoms with Gasteiger partial charge in [0.05, 0.1) is 0 Å². The molecule has 0 saturated heterocycles. The molecule has 0 aliphatic carbocycles. The Labute approximate surface area is 129 Å². The molecule has 0 aliphatic rings. The van der Waals surface area contributed by atoms with Crippen LogP contribution in [-0.4, -0.2) is 0 Å². The quantitative estimate of drug-likeness (QED) is 0.513. The molecule has 0 unspecified atom stereocenters. The summed E-state index contributed by atoms with van der Waals surface area (Å²) in [6, 6.07) is 8.82. The summed E-state index contributed by atoms with van der Waals surface area (Å²) in [6.45, 7) is 6.58.